The van der Waals surface area contributed by atoms with Gasteiger partial charge in [-0.1, -0.05) is 6.92 Å². The van der Waals surface area contributed by atoms with Crippen molar-refractivity contribution in [3.63, 3.8) is 0 Å². The molecule has 0 aliphatic heterocycles. The van der Waals surface area contributed by atoms with Crippen LogP contribution in [0.4, 0.5) is 10.1 Å². The molecule has 2 nitrogen and oxygen atoms in total. The first kappa shape index (κ1) is 11.4. The molecule has 2 N–H and O–H groups in total. The number of rotatable bonds is 3. The average molecular weight is 306 g/mol. The van der Waals surface area contributed by atoms with Crippen molar-refractivity contribution in [3.05, 3.63) is 27.6 Å². The number of aliphatic imine (C=N–C) groups is 1. The Morgan fingerprint density at radius 2 is 2.29 bits per heavy atom. The molecule has 1 aromatic carbocycles. The first-order valence-electron chi connectivity index (χ1n) is 4.41. The summed E-state index contributed by atoms with van der Waals surface area (Å²) in [5.74, 6) is 0.347. The van der Waals surface area contributed by atoms with Crippen LogP contribution in [0.3, 0.4) is 0 Å². The van der Waals surface area contributed by atoms with Crippen LogP contribution in [0.15, 0.2) is 23.2 Å². The van der Waals surface area contributed by atoms with Crippen LogP contribution in [0.1, 0.15) is 19.8 Å². The summed E-state index contributed by atoms with van der Waals surface area (Å²) in [5.41, 5.74) is 6.41. The zero-order valence-electron chi connectivity index (χ0n) is 7.93. The first-order valence-corrected chi connectivity index (χ1v) is 5.49. The molecule has 0 aliphatic carbocycles. The molecule has 0 radical (unpaired) electrons. The van der Waals surface area contributed by atoms with Gasteiger partial charge in [-0.15, -0.1) is 0 Å². The summed E-state index contributed by atoms with van der Waals surface area (Å²) in [5, 5.41) is 0. The largest absolute Gasteiger partial charge is 0.387 e. The summed E-state index contributed by atoms with van der Waals surface area (Å²) in [6.07, 6.45) is 1.74. The quantitative estimate of drug-likeness (QED) is 0.520. The second-order valence-electron chi connectivity index (χ2n) is 2.95. The minimum Gasteiger partial charge on any atom is -0.387 e. The van der Waals surface area contributed by atoms with Crippen molar-refractivity contribution in [2.24, 2.45) is 10.7 Å². The number of hydrogen-bond donors (Lipinski definition) is 1. The Morgan fingerprint density at radius 1 is 1.57 bits per heavy atom. The van der Waals surface area contributed by atoms with Gasteiger partial charge in [0.2, 0.25) is 0 Å². The molecule has 0 amide bonds. The predicted molar refractivity (Wildman–Crippen MR) is 65.3 cm³/mol. The van der Waals surface area contributed by atoms with Crippen molar-refractivity contribution in [1.82, 2.24) is 0 Å². The Bertz CT molecular complexity index is 350. The van der Waals surface area contributed by atoms with Crippen molar-refractivity contribution in [1.29, 1.82) is 0 Å². The van der Waals surface area contributed by atoms with Crippen LogP contribution in [0.5, 0.6) is 0 Å². The highest BCUT2D eigenvalue weighted by atomic mass is 127. The molecule has 76 valence electrons. The molecule has 0 saturated carbocycles. The summed E-state index contributed by atoms with van der Waals surface area (Å²) < 4.78 is 13.5. The van der Waals surface area contributed by atoms with Crippen LogP contribution in [0, 0.1) is 9.39 Å². The average Bonchev–Trinajstić information content (AvgIpc) is 2.10. The van der Waals surface area contributed by atoms with E-state index in [4.69, 9.17) is 5.73 Å². The number of amidine groups is 1. The van der Waals surface area contributed by atoms with E-state index in [0.717, 1.165) is 22.1 Å². The maximum Gasteiger partial charge on any atom is 0.124 e. The molecular formula is C10H12FIN2. The van der Waals surface area contributed by atoms with Crippen molar-refractivity contribution in [2.75, 3.05) is 0 Å². The highest BCUT2D eigenvalue weighted by Gasteiger charge is 2.00. The van der Waals surface area contributed by atoms with Gasteiger partial charge in [0.25, 0.3) is 0 Å². The highest BCUT2D eigenvalue weighted by molar-refractivity contribution is 14.1. The Hall–Kier alpha value is -0.650. The van der Waals surface area contributed by atoms with Gasteiger partial charge in [0.05, 0.1) is 11.5 Å². The Balaban J connectivity index is 2.91. The molecule has 0 saturated heterocycles. The van der Waals surface area contributed by atoms with Gasteiger partial charge in [0.1, 0.15) is 5.82 Å². The first-order chi connectivity index (χ1) is 6.63. The van der Waals surface area contributed by atoms with Crippen LogP contribution in [0.2, 0.25) is 0 Å². The molecule has 0 spiro atoms. The van der Waals surface area contributed by atoms with E-state index in [-0.39, 0.29) is 5.82 Å². The molecule has 0 unspecified atom stereocenters. The third-order valence-electron chi connectivity index (χ3n) is 1.68. The van der Waals surface area contributed by atoms with Gasteiger partial charge in [-0.2, -0.15) is 0 Å². The van der Waals surface area contributed by atoms with Gasteiger partial charge in [0, 0.05) is 9.99 Å². The van der Waals surface area contributed by atoms with E-state index in [1.54, 1.807) is 6.07 Å². The Kier molecular flexibility index (Phi) is 4.31. The number of nitrogens with two attached hydrogens (primary N) is 1. The standard InChI is InChI=1S/C10H12FIN2/c1-2-3-10(13)14-9-5-4-7(11)6-8(9)12/h4-6H,2-3H2,1H3,(H2,13,14). The molecule has 0 aliphatic rings. The fourth-order valence-electron chi connectivity index (χ4n) is 1.04. The number of benzene rings is 1. The summed E-state index contributed by atoms with van der Waals surface area (Å²) in [6.45, 7) is 2.04. The number of nitrogens with zero attached hydrogens (tertiary/aromatic N) is 1. The van der Waals surface area contributed by atoms with E-state index in [0.29, 0.717) is 5.84 Å². The summed E-state index contributed by atoms with van der Waals surface area (Å²) in [6, 6.07) is 4.47. The van der Waals surface area contributed by atoms with Gasteiger partial charge >= 0.3 is 0 Å². The number of hydrogen-bond acceptors (Lipinski definition) is 1. The summed E-state index contributed by atoms with van der Waals surface area (Å²) in [4.78, 5) is 4.21. The molecular weight excluding hydrogens is 294 g/mol. The Morgan fingerprint density at radius 3 is 2.86 bits per heavy atom. The van der Waals surface area contributed by atoms with Crippen molar-refractivity contribution in [3.8, 4) is 0 Å². The van der Waals surface area contributed by atoms with E-state index < -0.39 is 0 Å². The zero-order chi connectivity index (χ0) is 10.6. The van der Waals surface area contributed by atoms with E-state index in [1.807, 2.05) is 29.5 Å². The fourth-order valence-corrected chi connectivity index (χ4v) is 1.64. The van der Waals surface area contributed by atoms with E-state index >= 15 is 0 Å². The van der Waals surface area contributed by atoms with Crippen molar-refractivity contribution >= 4 is 34.1 Å². The lowest BCUT2D eigenvalue weighted by molar-refractivity contribution is 0.627. The second-order valence-corrected chi connectivity index (χ2v) is 4.11. The van der Waals surface area contributed by atoms with Gasteiger partial charge in [-0.25, -0.2) is 9.38 Å². The smallest absolute Gasteiger partial charge is 0.124 e. The van der Waals surface area contributed by atoms with Gasteiger partial charge in [-0.05, 0) is 47.2 Å². The second kappa shape index (κ2) is 5.29. The molecule has 0 bridgehead atoms. The van der Waals surface area contributed by atoms with Crippen molar-refractivity contribution < 1.29 is 4.39 Å². The van der Waals surface area contributed by atoms with Crippen LogP contribution in [0.25, 0.3) is 0 Å². The zero-order valence-corrected chi connectivity index (χ0v) is 10.1. The minimum absolute atomic E-state index is 0.248. The topological polar surface area (TPSA) is 38.4 Å². The summed E-state index contributed by atoms with van der Waals surface area (Å²) >= 11 is 2.05. The summed E-state index contributed by atoms with van der Waals surface area (Å²) in [7, 11) is 0. The maximum absolute atomic E-state index is 12.7. The SMILES string of the molecule is CCCC(N)=Nc1ccc(F)cc1I. The molecule has 0 atom stereocenters. The van der Waals surface area contributed by atoms with E-state index in [9.17, 15) is 4.39 Å². The molecule has 0 fully saturated rings. The van der Waals surface area contributed by atoms with Gasteiger partial charge in [0.15, 0.2) is 0 Å². The maximum atomic E-state index is 12.7. The Labute approximate surface area is 96.6 Å². The highest BCUT2D eigenvalue weighted by Crippen LogP contribution is 2.22. The third-order valence-corrected chi connectivity index (χ3v) is 2.54. The van der Waals surface area contributed by atoms with E-state index in [1.165, 1.54) is 12.1 Å². The minimum atomic E-state index is -0.248. The monoisotopic (exact) mass is 306 g/mol. The molecule has 4 heteroatoms. The lowest BCUT2D eigenvalue weighted by atomic mass is 10.3. The third kappa shape index (κ3) is 3.25. The normalized spacial score (nSPS) is 11.8. The van der Waals surface area contributed by atoms with E-state index in [2.05, 4.69) is 4.99 Å². The molecule has 14 heavy (non-hydrogen) atoms. The molecule has 1 rings (SSSR count). The fraction of sp³-hybridized carbons (Fsp3) is 0.300. The lowest BCUT2D eigenvalue weighted by Gasteiger charge is -2.01. The molecule has 1 aromatic rings. The molecule has 0 heterocycles. The lowest BCUT2D eigenvalue weighted by Crippen LogP contribution is -2.10. The van der Waals surface area contributed by atoms with Crippen LogP contribution in [-0.4, -0.2) is 5.84 Å². The van der Waals surface area contributed by atoms with Crippen LogP contribution < -0.4 is 5.73 Å². The van der Waals surface area contributed by atoms with Gasteiger partial charge < -0.3 is 5.73 Å². The van der Waals surface area contributed by atoms with Crippen LogP contribution in [-0.2, 0) is 0 Å². The van der Waals surface area contributed by atoms with Gasteiger partial charge in [-0.3, -0.25) is 0 Å². The van der Waals surface area contributed by atoms with Crippen molar-refractivity contribution in [2.45, 2.75) is 19.8 Å². The predicted octanol–water partition coefficient (Wildman–Crippen LogP) is 3.22. The molecule has 0 aromatic heterocycles. The van der Waals surface area contributed by atoms with Crippen LogP contribution >= 0.6 is 22.6 Å². The number of halogens is 2.